The molecule has 1 aliphatic rings. The molecule has 24 heavy (non-hydrogen) atoms. The van der Waals surface area contributed by atoms with Gasteiger partial charge in [-0.2, -0.15) is 0 Å². The van der Waals surface area contributed by atoms with Crippen LogP contribution in [-0.4, -0.2) is 50.9 Å². The summed E-state index contributed by atoms with van der Waals surface area (Å²) >= 11 is 0. The predicted molar refractivity (Wildman–Crippen MR) is 93.4 cm³/mol. The number of carbonyl (C=O) groups is 3. The van der Waals surface area contributed by atoms with E-state index in [1.54, 1.807) is 41.5 Å². The Hall–Kier alpha value is -2.37. The van der Waals surface area contributed by atoms with E-state index in [0.717, 1.165) is 0 Å². The second kappa shape index (κ2) is 7.03. The molecule has 0 aliphatic carbocycles. The van der Waals surface area contributed by atoms with Crippen molar-refractivity contribution in [2.24, 2.45) is 0 Å². The molecule has 0 radical (unpaired) electrons. The monoisotopic (exact) mass is 333 g/mol. The minimum absolute atomic E-state index is 0.305. The Morgan fingerprint density at radius 3 is 0.875 bits per heavy atom. The molecule has 0 spiro atoms. The highest BCUT2D eigenvalue weighted by Crippen LogP contribution is 2.29. The summed E-state index contributed by atoms with van der Waals surface area (Å²) in [5, 5.41) is 0. The Morgan fingerprint density at radius 1 is 0.583 bits per heavy atom. The van der Waals surface area contributed by atoms with E-state index < -0.39 is 18.5 Å². The van der Waals surface area contributed by atoms with Crippen molar-refractivity contribution in [3.05, 3.63) is 36.5 Å². The average Bonchev–Trinajstić information content (AvgIpc) is 2.46. The standard InChI is InChI=1S/C18H27N3O3/c1-10(2)16(22)19-13(7)20(17(23)11(3)4)15(9)21(14(19)8)18(24)12(5)6/h13-15H,1,3,5H2,2,4,6-9H3. The molecule has 0 N–H and O–H groups in total. The first kappa shape index (κ1) is 19.7. The van der Waals surface area contributed by atoms with Crippen molar-refractivity contribution in [2.75, 3.05) is 0 Å². The highest BCUT2D eigenvalue weighted by atomic mass is 16.2. The molecule has 1 heterocycles. The van der Waals surface area contributed by atoms with Crippen LogP contribution in [0.2, 0.25) is 0 Å². The van der Waals surface area contributed by atoms with Crippen molar-refractivity contribution in [2.45, 2.75) is 60.0 Å². The molecule has 0 aromatic carbocycles. The molecular weight excluding hydrogens is 306 g/mol. The Morgan fingerprint density at radius 2 is 0.750 bits per heavy atom. The fraction of sp³-hybridized carbons (Fsp3) is 0.500. The highest BCUT2D eigenvalue weighted by Gasteiger charge is 2.46. The second-order valence-electron chi connectivity index (χ2n) is 6.37. The first-order valence-corrected chi connectivity index (χ1v) is 7.88. The Kier molecular flexibility index (Phi) is 5.76. The largest absolute Gasteiger partial charge is 0.298 e. The van der Waals surface area contributed by atoms with E-state index in [1.807, 2.05) is 0 Å². The van der Waals surface area contributed by atoms with Crippen molar-refractivity contribution in [1.82, 2.24) is 14.7 Å². The fourth-order valence-corrected chi connectivity index (χ4v) is 3.02. The van der Waals surface area contributed by atoms with Crippen molar-refractivity contribution in [3.8, 4) is 0 Å². The lowest BCUT2D eigenvalue weighted by molar-refractivity contribution is -0.184. The maximum absolute atomic E-state index is 12.6. The third kappa shape index (κ3) is 3.27. The molecule has 6 heteroatoms. The molecule has 0 bridgehead atoms. The third-order valence-corrected chi connectivity index (χ3v) is 4.21. The number of nitrogens with zero attached hydrogens (tertiary/aromatic N) is 3. The minimum Gasteiger partial charge on any atom is -0.298 e. The van der Waals surface area contributed by atoms with Crippen LogP contribution >= 0.6 is 0 Å². The van der Waals surface area contributed by atoms with Crippen LogP contribution in [0.1, 0.15) is 41.5 Å². The van der Waals surface area contributed by atoms with E-state index in [2.05, 4.69) is 19.7 Å². The fourth-order valence-electron chi connectivity index (χ4n) is 3.02. The Bertz CT molecular complexity index is 525. The van der Waals surface area contributed by atoms with Gasteiger partial charge in [-0.25, -0.2) is 0 Å². The Labute approximate surface area is 144 Å². The summed E-state index contributed by atoms with van der Waals surface area (Å²) in [5.41, 5.74) is 1.02. The van der Waals surface area contributed by atoms with Crippen LogP contribution in [0.15, 0.2) is 36.5 Å². The number of carbonyl (C=O) groups excluding carboxylic acids is 3. The van der Waals surface area contributed by atoms with E-state index in [1.165, 1.54) is 14.7 Å². The van der Waals surface area contributed by atoms with E-state index in [9.17, 15) is 14.4 Å². The predicted octanol–water partition coefficient (Wildman–Crippen LogP) is 2.25. The lowest BCUT2D eigenvalue weighted by atomic mass is 10.1. The average molecular weight is 333 g/mol. The topological polar surface area (TPSA) is 60.9 Å². The summed E-state index contributed by atoms with van der Waals surface area (Å²) < 4.78 is 0. The molecule has 0 aromatic heterocycles. The smallest absolute Gasteiger partial charge is 0.252 e. The van der Waals surface area contributed by atoms with Gasteiger partial charge in [0.15, 0.2) is 0 Å². The molecule has 1 aliphatic heterocycles. The summed E-state index contributed by atoms with van der Waals surface area (Å²) in [5.74, 6) is -0.914. The van der Waals surface area contributed by atoms with Crippen LogP contribution in [0.25, 0.3) is 0 Å². The quantitative estimate of drug-likeness (QED) is 0.744. The van der Waals surface area contributed by atoms with Gasteiger partial charge < -0.3 is 0 Å². The molecule has 3 amide bonds. The van der Waals surface area contributed by atoms with Crippen LogP contribution in [0.3, 0.4) is 0 Å². The van der Waals surface area contributed by atoms with Crippen LogP contribution < -0.4 is 0 Å². The zero-order valence-electron chi connectivity index (χ0n) is 15.4. The van der Waals surface area contributed by atoms with Gasteiger partial charge in [-0.3, -0.25) is 29.1 Å². The second-order valence-corrected chi connectivity index (χ2v) is 6.37. The molecule has 0 unspecified atom stereocenters. The first-order chi connectivity index (χ1) is 10.9. The molecule has 0 saturated carbocycles. The van der Waals surface area contributed by atoms with Gasteiger partial charge in [-0.05, 0) is 41.5 Å². The van der Waals surface area contributed by atoms with E-state index in [4.69, 9.17) is 0 Å². The number of hydrogen-bond donors (Lipinski definition) is 0. The molecule has 1 fully saturated rings. The van der Waals surface area contributed by atoms with E-state index in [0.29, 0.717) is 16.7 Å². The van der Waals surface area contributed by atoms with Gasteiger partial charge in [-0.1, -0.05) is 19.7 Å². The van der Waals surface area contributed by atoms with Crippen LogP contribution in [0.5, 0.6) is 0 Å². The number of amides is 3. The minimum atomic E-state index is -0.530. The maximum Gasteiger partial charge on any atom is 0.252 e. The molecule has 0 aromatic rings. The third-order valence-electron chi connectivity index (χ3n) is 4.21. The number of hydrogen-bond acceptors (Lipinski definition) is 3. The van der Waals surface area contributed by atoms with Gasteiger partial charge in [0.05, 0.1) is 0 Å². The van der Waals surface area contributed by atoms with Crippen LogP contribution in [0, 0.1) is 0 Å². The zero-order valence-corrected chi connectivity index (χ0v) is 15.4. The van der Waals surface area contributed by atoms with Gasteiger partial charge in [0.25, 0.3) is 17.7 Å². The first-order valence-electron chi connectivity index (χ1n) is 7.88. The molecule has 132 valence electrons. The van der Waals surface area contributed by atoms with Gasteiger partial charge in [0, 0.05) is 16.7 Å². The van der Waals surface area contributed by atoms with Crippen LogP contribution in [0.4, 0.5) is 0 Å². The lowest BCUT2D eigenvalue weighted by Gasteiger charge is -2.55. The van der Waals surface area contributed by atoms with Crippen molar-refractivity contribution in [1.29, 1.82) is 0 Å². The van der Waals surface area contributed by atoms with E-state index >= 15 is 0 Å². The summed E-state index contributed by atoms with van der Waals surface area (Å²) in [6.07, 6.45) is -1.59. The van der Waals surface area contributed by atoms with Crippen LogP contribution in [-0.2, 0) is 14.4 Å². The molecule has 0 atom stereocenters. The molecule has 6 nitrogen and oxygen atoms in total. The van der Waals surface area contributed by atoms with Gasteiger partial charge >= 0.3 is 0 Å². The Balaban J connectivity index is 3.47. The SMILES string of the molecule is C=C(C)C(=O)N1C(C)N(C(=O)C(=C)C)C(C)N(C(=O)C(=C)C)C1C. The molecular formula is C18H27N3O3. The normalized spacial score (nSPS) is 23.8. The maximum atomic E-state index is 12.6. The van der Waals surface area contributed by atoms with Crippen molar-refractivity contribution in [3.63, 3.8) is 0 Å². The van der Waals surface area contributed by atoms with Gasteiger partial charge in [0.1, 0.15) is 18.5 Å². The number of rotatable bonds is 3. The van der Waals surface area contributed by atoms with E-state index in [-0.39, 0.29) is 17.7 Å². The summed E-state index contributed by atoms with van der Waals surface area (Å²) in [4.78, 5) is 42.3. The summed E-state index contributed by atoms with van der Waals surface area (Å²) in [6, 6.07) is 0. The zero-order chi connectivity index (χ0) is 18.9. The van der Waals surface area contributed by atoms with Gasteiger partial charge in [0.2, 0.25) is 0 Å². The van der Waals surface area contributed by atoms with Crippen molar-refractivity contribution >= 4 is 17.7 Å². The summed E-state index contributed by atoms with van der Waals surface area (Å²) in [7, 11) is 0. The highest BCUT2D eigenvalue weighted by molar-refractivity contribution is 5.97. The molecule has 1 saturated heterocycles. The van der Waals surface area contributed by atoms with Gasteiger partial charge in [-0.15, -0.1) is 0 Å². The molecule has 1 rings (SSSR count). The lowest BCUT2D eigenvalue weighted by Crippen LogP contribution is -2.72. The van der Waals surface area contributed by atoms with Crippen molar-refractivity contribution < 1.29 is 14.4 Å². The summed E-state index contributed by atoms with van der Waals surface area (Å²) in [6.45, 7) is 21.2.